The Morgan fingerprint density at radius 1 is 1.02 bits per heavy atom. The van der Waals surface area contributed by atoms with Crippen molar-refractivity contribution in [3.63, 3.8) is 0 Å². The third kappa shape index (κ3) is 5.39. The molecule has 2 aliphatic rings. The Balaban J connectivity index is 1.66. The minimum Gasteiger partial charge on any atom is -0.384 e. The van der Waals surface area contributed by atoms with E-state index in [9.17, 15) is 23.2 Å². The third-order valence-electron chi connectivity index (χ3n) is 7.79. The van der Waals surface area contributed by atoms with Gasteiger partial charge in [-0.15, -0.1) is 11.8 Å². The van der Waals surface area contributed by atoms with Crippen LogP contribution < -0.4 is 10.6 Å². The number of allylic oxidation sites excluding steroid dienone is 3. The van der Waals surface area contributed by atoms with E-state index in [0.29, 0.717) is 29.9 Å². The topological polar surface area (TPSA) is 70.1 Å². The maximum atomic E-state index is 14.1. The van der Waals surface area contributed by atoms with E-state index < -0.39 is 17.7 Å². The number of carbonyl (C=O) groups excluding carboxylic acids is 1. The van der Waals surface area contributed by atoms with Crippen molar-refractivity contribution in [2.75, 3.05) is 4.90 Å². The molecular formula is C33H30F3N3OS. The number of benzene rings is 3. The standard InChI is InChI=1S/C33H30F3N3OS/c1-19-11-13-23(14-12-19)41-18-22-15-20(2)16-24(21(22)3)30-25(17-37)32(38)39(28-9-6-10-29(40)31(28)30)27-8-5-4-7-26(27)33(34,35)36/h4-5,7-8,11-16,30H,6,9-10,18,38H2,1-3H3. The molecule has 1 atom stereocenters. The summed E-state index contributed by atoms with van der Waals surface area (Å²) >= 11 is 1.70. The molecule has 0 spiro atoms. The molecule has 0 aromatic heterocycles. The number of nitrogens with two attached hydrogens (primary N) is 1. The van der Waals surface area contributed by atoms with Gasteiger partial charge < -0.3 is 5.73 Å². The van der Waals surface area contributed by atoms with E-state index in [0.717, 1.165) is 33.2 Å². The van der Waals surface area contributed by atoms with Gasteiger partial charge in [0.15, 0.2) is 5.78 Å². The van der Waals surface area contributed by atoms with Gasteiger partial charge in [0.05, 0.1) is 28.8 Å². The van der Waals surface area contributed by atoms with Crippen molar-refractivity contribution in [1.82, 2.24) is 0 Å². The van der Waals surface area contributed by atoms with E-state index in [1.54, 1.807) is 11.8 Å². The molecule has 41 heavy (non-hydrogen) atoms. The molecule has 210 valence electrons. The summed E-state index contributed by atoms with van der Waals surface area (Å²) in [5.41, 5.74) is 11.4. The van der Waals surface area contributed by atoms with Crippen LogP contribution in [0.1, 0.15) is 58.6 Å². The van der Waals surface area contributed by atoms with Crippen molar-refractivity contribution in [2.24, 2.45) is 5.73 Å². The number of hydrogen-bond acceptors (Lipinski definition) is 5. The first-order valence-electron chi connectivity index (χ1n) is 13.4. The monoisotopic (exact) mass is 573 g/mol. The number of anilines is 1. The molecule has 8 heteroatoms. The number of Topliss-reactive ketones (excluding diaryl/α,β-unsaturated/α-hetero) is 1. The van der Waals surface area contributed by atoms with Crippen LogP contribution in [0.4, 0.5) is 18.9 Å². The Bertz CT molecular complexity index is 1630. The molecule has 2 N–H and O–H groups in total. The van der Waals surface area contributed by atoms with Gasteiger partial charge in [0.2, 0.25) is 0 Å². The fraction of sp³-hybridized carbons (Fsp3) is 0.273. The summed E-state index contributed by atoms with van der Waals surface area (Å²) < 4.78 is 42.2. The lowest BCUT2D eigenvalue weighted by atomic mass is 9.73. The fourth-order valence-corrected chi connectivity index (χ4v) is 6.74. The molecule has 1 aliphatic carbocycles. The van der Waals surface area contributed by atoms with Gasteiger partial charge in [0, 0.05) is 28.3 Å². The smallest absolute Gasteiger partial charge is 0.384 e. The summed E-state index contributed by atoms with van der Waals surface area (Å²) in [5.74, 6) is -0.302. The SMILES string of the molecule is Cc1ccc(SCc2cc(C)cc(C3C(C#N)=C(N)N(c4ccccc4C(F)(F)F)C4=C3C(=O)CCC4)c2C)cc1. The van der Waals surface area contributed by atoms with Gasteiger partial charge in [0.1, 0.15) is 5.82 Å². The summed E-state index contributed by atoms with van der Waals surface area (Å²) in [7, 11) is 0. The zero-order chi connectivity index (χ0) is 29.5. The Morgan fingerprint density at radius 3 is 2.41 bits per heavy atom. The Kier molecular flexibility index (Phi) is 7.76. The summed E-state index contributed by atoms with van der Waals surface area (Å²) in [6, 6.07) is 19.7. The Hall–Kier alpha value is -3.96. The van der Waals surface area contributed by atoms with Crippen LogP contribution >= 0.6 is 11.8 Å². The number of aryl methyl sites for hydroxylation is 2. The number of halogens is 3. The lowest BCUT2D eigenvalue weighted by molar-refractivity contribution is -0.137. The van der Waals surface area contributed by atoms with Crippen molar-refractivity contribution in [1.29, 1.82) is 5.26 Å². The average Bonchev–Trinajstić information content (AvgIpc) is 2.93. The molecule has 3 aromatic carbocycles. The zero-order valence-electron chi connectivity index (χ0n) is 23.1. The zero-order valence-corrected chi connectivity index (χ0v) is 23.9. The van der Waals surface area contributed by atoms with Crippen LogP contribution in [0.3, 0.4) is 0 Å². The number of alkyl halides is 3. The molecule has 4 nitrogen and oxygen atoms in total. The van der Waals surface area contributed by atoms with Crippen LogP contribution in [0, 0.1) is 32.1 Å². The first-order chi connectivity index (χ1) is 19.5. The number of para-hydroxylation sites is 1. The highest BCUT2D eigenvalue weighted by molar-refractivity contribution is 7.98. The van der Waals surface area contributed by atoms with Gasteiger partial charge >= 0.3 is 6.18 Å². The highest BCUT2D eigenvalue weighted by Crippen LogP contribution is 2.49. The number of nitriles is 1. The van der Waals surface area contributed by atoms with Crippen molar-refractivity contribution in [2.45, 2.75) is 62.8 Å². The molecule has 5 rings (SSSR count). The molecule has 0 saturated heterocycles. The van der Waals surface area contributed by atoms with Crippen LogP contribution in [0.5, 0.6) is 0 Å². The number of thioether (sulfide) groups is 1. The molecule has 1 aliphatic heterocycles. The fourth-order valence-electron chi connectivity index (χ4n) is 5.79. The van der Waals surface area contributed by atoms with E-state index in [1.165, 1.54) is 28.7 Å². The van der Waals surface area contributed by atoms with Gasteiger partial charge in [-0.3, -0.25) is 9.69 Å². The molecule has 3 aromatic rings. The van der Waals surface area contributed by atoms with Crippen LogP contribution in [0.25, 0.3) is 0 Å². The number of nitrogens with zero attached hydrogens (tertiary/aromatic N) is 2. The van der Waals surface area contributed by atoms with Crippen LogP contribution in [0.2, 0.25) is 0 Å². The van der Waals surface area contributed by atoms with Crippen molar-refractivity contribution in [3.8, 4) is 6.07 Å². The van der Waals surface area contributed by atoms with Crippen LogP contribution in [0.15, 0.2) is 88.2 Å². The summed E-state index contributed by atoms with van der Waals surface area (Å²) in [6.07, 6.45) is -3.50. The predicted molar refractivity (Wildman–Crippen MR) is 156 cm³/mol. The number of carbonyl (C=O) groups is 1. The number of hydrogen-bond donors (Lipinski definition) is 1. The average molecular weight is 574 g/mol. The van der Waals surface area contributed by atoms with E-state index in [1.807, 2.05) is 26.8 Å². The molecule has 1 unspecified atom stereocenters. The van der Waals surface area contributed by atoms with Gasteiger partial charge in [0.25, 0.3) is 0 Å². The van der Waals surface area contributed by atoms with Crippen molar-refractivity contribution >= 4 is 23.2 Å². The Morgan fingerprint density at radius 2 is 1.73 bits per heavy atom. The summed E-state index contributed by atoms with van der Waals surface area (Å²) in [5, 5.41) is 10.4. The lowest BCUT2D eigenvalue weighted by Crippen LogP contribution is -2.39. The van der Waals surface area contributed by atoms with E-state index in [2.05, 4.69) is 36.4 Å². The predicted octanol–water partition coefficient (Wildman–Crippen LogP) is 8.23. The summed E-state index contributed by atoms with van der Waals surface area (Å²) in [4.78, 5) is 16.0. The molecular weight excluding hydrogens is 543 g/mol. The van der Waals surface area contributed by atoms with E-state index >= 15 is 0 Å². The molecule has 0 radical (unpaired) electrons. The molecule has 0 fully saturated rings. The second-order valence-corrected chi connectivity index (χ2v) is 11.6. The van der Waals surface area contributed by atoms with E-state index in [-0.39, 0.29) is 29.3 Å². The Labute approximate surface area is 242 Å². The minimum absolute atomic E-state index is 0.0702. The first-order valence-corrected chi connectivity index (χ1v) is 14.4. The van der Waals surface area contributed by atoms with Crippen LogP contribution in [-0.2, 0) is 16.7 Å². The molecule has 0 saturated carbocycles. The highest BCUT2D eigenvalue weighted by atomic mass is 32.2. The maximum Gasteiger partial charge on any atom is 0.418 e. The minimum atomic E-state index is -4.64. The second-order valence-electron chi connectivity index (χ2n) is 10.6. The first kappa shape index (κ1) is 28.6. The van der Waals surface area contributed by atoms with Gasteiger partial charge in [-0.25, -0.2) is 0 Å². The maximum absolute atomic E-state index is 14.1. The molecule has 0 amide bonds. The van der Waals surface area contributed by atoms with Crippen LogP contribution in [-0.4, -0.2) is 5.78 Å². The lowest BCUT2D eigenvalue weighted by Gasteiger charge is -2.41. The molecule has 1 heterocycles. The van der Waals surface area contributed by atoms with Crippen molar-refractivity contribution < 1.29 is 18.0 Å². The van der Waals surface area contributed by atoms with Gasteiger partial charge in [-0.05, 0) is 74.6 Å². The van der Waals surface area contributed by atoms with E-state index in [4.69, 9.17) is 5.73 Å². The third-order valence-corrected chi connectivity index (χ3v) is 8.85. The largest absolute Gasteiger partial charge is 0.418 e. The second kappa shape index (κ2) is 11.1. The molecule has 0 bridgehead atoms. The number of ketones is 1. The van der Waals surface area contributed by atoms with Gasteiger partial charge in [-0.1, -0.05) is 47.5 Å². The summed E-state index contributed by atoms with van der Waals surface area (Å²) in [6.45, 7) is 5.98. The van der Waals surface area contributed by atoms with Crippen molar-refractivity contribution in [3.05, 3.63) is 117 Å². The van der Waals surface area contributed by atoms with Gasteiger partial charge in [-0.2, -0.15) is 18.4 Å². The number of rotatable bonds is 5. The highest BCUT2D eigenvalue weighted by Gasteiger charge is 2.43. The normalized spacial score (nSPS) is 17.5. The quantitative estimate of drug-likeness (QED) is 0.312.